The monoisotopic (exact) mass is 2510 g/mol. The quantitative estimate of drug-likeness (QED) is 0.0666. The smallest absolute Gasteiger partial charge is 0.249 e. The minimum Gasteiger partial charge on any atom is -0.371 e. The van der Waals surface area contributed by atoms with Crippen molar-refractivity contribution >= 4 is 106 Å². The number of rotatable bonds is 6. The summed E-state index contributed by atoms with van der Waals surface area (Å²) in [7, 11) is 0. The summed E-state index contributed by atoms with van der Waals surface area (Å²) >= 11 is 0. The zero-order chi connectivity index (χ0) is 110. The minimum absolute atomic E-state index is 0. The van der Waals surface area contributed by atoms with Gasteiger partial charge >= 0.3 is 0 Å². The molecule has 0 aromatic heterocycles. The van der Waals surface area contributed by atoms with Crippen molar-refractivity contribution in [1.29, 1.82) is 0 Å². The summed E-state index contributed by atoms with van der Waals surface area (Å²) in [6.45, 7) is 64.0. The van der Waals surface area contributed by atoms with E-state index in [1.165, 1.54) is 64.9 Å². The van der Waals surface area contributed by atoms with Gasteiger partial charge < -0.3 is 69.7 Å². The van der Waals surface area contributed by atoms with Gasteiger partial charge in [-0.05, 0) is 38.5 Å². The van der Waals surface area contributed by atoms with Crippen molar-refractivity contribution < 1.29 is 283 Å². The van der Waals surface area contributed by atoms with Gasteiger partial charge in [-0.2, -0.15) is 246 Å². The first-order valence-corrected chi connectivity index (χ1v) is 49.8. The molecule has 18 amide bonds. The van der Waals surface area contributed by atoms with Crippen molar-refractivity contribution in [2.45, 2.75) is 360 Å². The van der Waals surface area contributed by atoms with Crippen LogP contribution in [0.15, 0.2) is 109 Å². The van der Waals surface area contributed by atoms with Crippen LogP contribution in [0.25, 0.3) is 0 Å². The molecule has 0 spiro atoms. The molecule has 6 saturated heterocycles. The van der Waals surface area contributed by atoms with Crippen LogP contribution in [0.3, 0.4) is 0 Å². The topological polar surface area (TPSA) is 399 Å². The third-order valence-electron chi connectivity index (χ3n) is 20.2. The van der Waals surface area contributed by atoms with Gasteiger partial charge in [0.15, 0.2) is 23.6 Å². The zero-order valence-corrected chi connectivity index (χ0v) is 111. The normalized spacial score (nSPS) is 18.2. The molecule has 0 bridgehead atoms. The van der Waals surface area contributed by atoms with E-state index in [1.54, 1.807) is 84.9 Å². The summed E-state index contributed by atoms with van der Waals surface area (Å²) in [5, 5.41) is 13.6. The maximum Gasteiger partial charge on any atom is 0.249 e. The third kappa shape index (κ3) is 51.3. The Hall–Kier alpha value is -6.40. The number of piperidine rings is 6. The second-order valence-electron chi connectivity index (χ2n) is 35.9. The standard InChI is InChI=1S/6C13H11N2O3.6C4H9.6C2H6.6Y/c6*16-11-6-5-10(12(17)14-11)15-7-8-3-1-2-4-9(8)13(15)18;6*1-4(2)3;6*1-2;;;;;;/h2*2-4,10H,5-7H2,(H,14,16,17);2*1,3-4,10H,5-7H2,(H,14,16,17);1-2,4,10H,5-7H2,(H,14,16,17);1-3,10H,5-7H2,(H,14,16,17);6*1-3H3;6*1-2H3;;;;;;/q12*-1;;;;;;;;;;;;. The van der Waals surface area contributed by atoms with Gasteiger partial charge in [0.1, 0.15) is 36.3 Å². The van der Waals surface area contributed by atoms with E-state index >= 15 is 0 Å². The van der Waals surface area contributed by atoms with Gasteiger partial charge in [0.05, 0.1) is 0 Å². The maximum atomic E-state index is 12.2. The van der Waals surface area contributed by atoms with E-state index in [9.17, 15) is 86.3 Å². The molecule has 30 nitrogen and oxygen atoms in total. The molecule has 18 rings (SSSR count). The van der Waals surface area contributed by atoms with Crippen LogP contribution in [-0.4, -0.2) is 172 Å². The summed E-state index contributed by atoms with van der Waals surface area (Å²) in [5.74, 6) is 3.66. The number of nitrogens with one attached hydrogen (secondary N) is 6. The molecule has 810 valence electrons. The molecular weight excluding hydrogens is 2360 g/mol. The van der Waals surface area contributed by atoms with Crippen LogP contribution in [0.1, 0.15) is 380 Å². The first-order chi connectivity index (χ1) is 68.4. The van der Waals surface area contributed by atoms with Crippen molar-refractivity contribution in [2.75, 3.05) is 0 Å². The molecule has 12 aliphatic heterocycles. The Morgan fingerprint density at radius 1 is 0.227 bits per heavy atom. The molecule has 36 heteroatoms. The number of nitrogens with zero attached hydrogens (tertiary/aromatic N) is 6. The third-order valence-corrected chi connectivity index (χ3v) is 20.2. The van der Waals surface area contributed by atoms with Crippen LogP contribution in [0.4, 0.5) is 0 Å². The molecule has 6 fully saturated rings. The Morgan fingerprint density at radius 2 is 0.433 bits per heavy atom. The van der Waals surface area contributed by atoms with Gasteiger partial charge in [-0.25, -0.2) is 0 Å². The molecule has 6 atom stereocenters. The molecule has 12 aliphatic rings. The van der Waals surface area contributed by atoms with E-state index in [0.29, 0.717) is 111 Å². The van der Waals surface area contributed by atoms with Gasteiger partial charge in [-0.15, -0.1) is 57.6 Å². The Morgan fingerprint density at radius 3 is 0.673 bits per heavy atom. The van der Waals surface area contributed by atoms with E-state index in [0.717, 1.165) is 33.4 Å². The number of hydrogen-bond donors (Lipinski definition) is 6. The van der Waals surface area contributed by atoms with E-state index in [1.807, 2.05) is 107 Å². The fourth-order valence-electron chi connectivity index (χ4n) is 14.6. The molecule has 0 aliphatic carbocycles. The predicted molar refractivity (Wildman–Crippen MR) is 558 cm³/mol. The molecule has 6 unspecified atom stereocenters. The van der Waals surface area contributed by atoms with Crippen molar-refractivity contribution in [3.8, 4) is 0 Å². The second kappa shape index (κ2) is 83.0. The van der Waals surface area contributed by atoms with Gasteiger partial charge in [0.25, 0.3) is 0 Å². The number of carbonyl (C=O) groups excluding carboxylic acids is 18. The van der Waals surface area contributed by atoms with Crippen LogP contribution in [0.2, 0.25) is 0 Å². The fraction of sp³-hybridized carbons (Fsp3) is 0.474. The summed E-state index contributed by atoms with van der Waals surface area (Å²) < 4.78 is 0. The molecule has 12 heterocycles. The summed E-state index contributed by atoms with van der Waals surface area (Å²) in [4.78, 5) is 219. The molecule has 6 aromatic rings. The number of fused-ring (bicyclic) bond motifs is 6. The zero-order valence-electron chi connectivity index (χ0n) is 94.1. The van der Waals surface area contributed by atoms with Gasteiger partial charge in [-0.3, -0.25) is 113 Å². The van der Waals surface area contributed by atoms with Crippen molar-refractivity contribution in [1.82, 2.24) is 61.3 Å². The molecule has 6 radical (unpaired) electrons. The molecule has 6 N–H and O–H groups in total. The largest absolute Gasteiger partial charge is 0.371 e. The van der Waals surface area contributed by atoms with Crippen LogP contribution < -0.4 is 31.9 Å². The van der Waals surface area contributed by atoms with Gasteiger partial charge in [-0.1, -0.05) is 116 Å². The number of amides is 18. The second-order valence-corrected chi connectivity index (χ2v) is 35.9. The van der Waals surface area contributed by atoms with Crippen LogP contribution in [0, 0.1) is 71.9 Å². The fourth-order valence-corrected chi connectivity index (χ4v) is 14.6. The van der Waals surface area contributed by atoms with Crippen molar-refractivity contribution in [3.05, 3.63) is 248 Å². The van der Waals surface area contributed by atoms with E-state index in [4.69, 9.17) is 0 Å². The number of benzene rings is 6. The SMILES string of the molecule is CC.CC.CC.CC.CC.CC.C[C-](C)C.C[C-](C)C.C[C-](C)C.C[C-](C)C.C[C-](C)C.C[C-](C)C.O=C1CCC(N2Cc3[c-]cccc3C2=O)C(=O)N1.O=C1CCC(N2Cc3c[c-]ccc3C2=O)C(=O)N1.O=C1CCC(N2Cc3c[c-]ccc3C2=O)C(=O)N1.O=C1CCC(N2Cc3cc[c-]cc3C2=O)C(=O)N1.O=C1CCC(N2Cc3cc[c-]cc3C2=O)C(=O)N1.O=C1CCC(N2Cc3ccc[c-]c3C2=O)C(=O)N1.[Y].[Y].[Y].[Y].[Y].[Y]. The summed E-state index contributed by atoms with van der Waals surface area (Å²) in [5.41, 5.74) is 8.84. The maximum absolute atomic E-state index is 12.2. The van der Waals surface area contributed by atoms with Crippen LogP contribution >= 0.6 is 0 Å². The molecule has 150 heavy (non-hydrogen) atoms. The van der Waals surface area contributed by atoms with Gasteiger partial charge in [0, 0.05) is 274 Å². The first kappa shape index (κ1) is 154. The van der Waals surface area contributed by atoms with E-state index in [2.05, 4.69) is 193 Å². The molecular formula is C114H156N12O18Y6-12. The summed E-state index contributed by atoms with van der Waals surface area (Å²) in [6, 6.07) is 45.6. The van der Waals surface area contributed by atoms with Crippen molar-refractivity contribution in [3.63, 3.8) is 0 Å². The van der Waals surface area contributed by atoms with Crippen LogP contribution in [0.5, 0.6) is 0 Å². The number of hydrogen-bond acceptors (Lipinski definition) is 18. The average Bonchev–Trinajstić information content (AvgIpc) is 1.67. The van der Waals surface area contributed by atoms with Crippen LogP contribution in [-0.2, 0) is 293 Å². The van der Waals surface area contributed by atoms with Gasteiger partial charge in [0.2, 0.25) is 82.7 Å². The summed E-state index contributed by atoms with van der Waals surface area (Å²) in [6.07, 6.45) is 4.05. The Balaban J connectivity index is -0.000000386. The van der Waals surface area contributed by atoms with E-state index in [-0.39, 0.29) is 341 Å². The molecule has 6 aromatic carbocycles. The van der Waals surface area contributed by atoms with Crippen molar-refractivity contribution in [2.24, 2.45) is 0 Å². The minimum atomic E-state index is -0.545. The first-order valence-electron chi connectivity index (χ1n) is 49.8. The Kier molecular flexibility index (Phi) is 85.3. The predicted octanol–water partition coefficient (Wildman–Crippen LogP) is 17.4. The van der Waals surface area contributed by atoms with E-state index < -0.39 is 36.3 Å². The Labute approximate surface area is 1050 Å². The average molecular weight is 2520 g/mol. The Bertz CT molecular complexity index is 4410. The molecule has 0 saturated carbocycles. The number of carbonyl (C=O) groups is 18. The number of imide groups is 6.